The summed E-state index contributed by atoms with van der Waals surface area (Å²) in [6, 6.07) is 3.57. The van der Waals surface area contributed by atoms with Gasteiger partial charge in [0.2, 0.25) is 0 Å². The molecule has 0 aromatic carbocycles. The van der Waals surface area contributed by atoms with E-state index in [1.54, 1.807) is 6.07 Å². The van der Waals surface area contributed by atoms with Crippen molar-refractivity contribution < 1.29 is 0 Å². The summed E-state index contributed by atoms with van der Waals surface area (Å²) in [7, 11) is 0. The van der Waals surface area contributed by atoms with Crippen molar-refractivity contribution in [2.24, 2.45) is 5.92 Å². The van der Waals surface area contributed by atoms with Gasteiger partial charge in [-0.1, -0.05) is 11.6 Å². The van der Waals surface area contributed by atoms with E-state index in [0.717, 1.165) is 42.6 Å². The van der Waals surface area contributed by atoms with Gasteiger partial charge in [-0.05, 0) is 42.3 Å². The Hall–Kier alpha value is -1.23. The maximum Gasteiger partial charge on any atom is 0.184 e. The molecule has 1 aliphatic carbocycles. The van der Waals surface area contributed by atoms with E-state index in [4.69, 9.17) is 11.6 Å². The molecule has 2 atom stereocenters. The van der Waals surface area contributed by atoms with Crippen LogP contribution in [0.2, 0.25) is 4.34 Å². The number of nitrogens with zero attached hydrogens (tertiary/aromatic N) is 1. The van der Waals surface area contributed by atoms with Crippen LogP contribution in [0.15, 0.2) is 28.5 Å². The summed E-state index contributed by atoms with van der Waals surface area (Å²) >= 11 is 7.65. The van der Waals surface area contributed by atoms with E-state index < -0.39 is 0 Å². The summed E-state index contributed by atoms with van der Waals surface area (Å²) in [5, 5.41) is 5.36. The summed E-state index contributed by atoms with van der Waals surface area (Å²) in [6.45, 7) is 2.01. The van der Waals surface area contributed by atoms with Gasteiger partial charge in [-0.15, -0.1) is 11.3 Å². The maximum absolute atomic E-state index is 12.6. The van der Waals surface area contributed by atoms with Crippen molar-refractivity contribution in [3.05, 3.63) is 49.4 Å². The Morgan fingerprint density at radius 1 is 1.38 bits per heavy atom. The van der Waals surface area contributed by atoms with E-state index in [9.17, 15) is 4.79 Å². The van der Waals surface area contributed by atoms with Crippen LogP contribution < -0.4 is 10.7 Å². The molecule has 1 aliphatic heterocycles. The summed E-state index contributed by atoms with van der Waals surface area (Å²) in [4.78, 5) is 17.2. The van der Waals surface area contributed by atoms with Gasteiger partial charge in [-0.25, -0.2) is 0 Å². The van der Waals surface area contributed by atoms with Crippen LogP contribution in [0.3, 0.4) is 0 Å². The Bertz CT molecular complexity index is 758. The van der Waals surface area contributed by atoms with Gasteiger partial charge < -0.3 is 5.32 Å². The molecule has 0 radical (unpaired) electrons. The lowest BCUT2D eigenvalue weighted by Crippen LogP contribution is -2.22. The quantitative estimate of drug-likeness (QED) is 0.878. The number of aromatic nitrogens is 1. The van der Waals surface area contributed by atoms with Gasteiger partial charge in [-0.2, -0.15) is 0 Å². The number of hydrogen-bond donors (Lipinski definition) is 1. The molecule has 108 valence electrons. The van der Waals surface area contributed by atoms with Crippen LogP contribution in [0, 0.1) is 5.92 Å². The van der Waals surface area contributed by atoms with Crippen LogP contribution in [0.25, 0.3) is 11.3 Å². The Morgan fingerprint density at radius 2 is 2.29 bits per heavy atom. The van der Waals surface area contributed by atoms with Gasteiger partial charge in [0.05, 0.1) is 5.69 Å². The molecule has 0 spiro atoms. The van der Waals surface area contributed by atoms with Gasteiger partial charge in [0.15, 0.2) is 5.43 Å². The number of rotatable bonds is 1. The van der Waals surface area contributed by atoms with Crippen LogP contribution in [0.1, 0.15) is 23.5 Å². The monoisotopic (exact) mass is 318 g/mol. The molecule has 1 N–H and O–H groups in total. The molecule has 1 fully saturated rings. The van der Waals surface area contributed by atoms with Crippen molar-refractivity contribution in [1.82, 2.24) is 10.3 Å². The van der Waals surface area contributed by atoms with E-state index in [0.29, 0.717) is 21.9 Å². The molecule has 0 bridgehead atoms. The van der Waals surface area contributed by atoms with Gasteiger partial charge >= 0.3 is 0 Å². The number of hydrogen-bond acceptors (Lipinski definition) is 4. The van der Waals surface area contributed by atoms with E-state index >= 15 is 0 Å². The predicted octanol–water partition coefficient (Wildman–Crippen LogP) is 3.07. The number of nitrogens with one attached hydrogen (secondary N) is 1. The van der Waals surface area contributed by atoms with E-state index in [2.05, 4.69) is 10.3 Å². The number of thiophene rings is 1. The molecule has 4 rings (SSSR count). The van der Waals surface area contributed by atoms with E-state index in [-0.39, 0.29) is 5.43 Å². The van der Waals surface area contributed by atoms with Crippen LogP contribution in [-0.4, -0.2) is 18.1 Å². The van der Waals surface area contributed by atoms with Crippen LogP contribution in [0.4, 0.5) is 0 Å². The summed E-state index contributed by atoms with van der Waals surface area (Å²) in [6.07, 6.45) is 3.87. The molecule has 1 saturated heterocycles. The smallest absolute Gasteiger partial charge is 0.184 e. The highest BCUT2D eigenvalue weighted by Gasteiger charge is 2.34. The Balaban J connectivity index is 1.89. The molecule has 2 aromatic heterocycles. The number of fused-ring (bicyclic) bond motifs is 3. The lowest BCUT2D eigenvalue weighted by Gasteiger charge is -2.25. The minimum atomic E-state index is 0.102. The second-order valence-electron chi connectivity index (χ2n) is 5.76. The largest absolute Gasteiger partial charge is 0.316 e. The number of halogens is 1. The minimum Gasteiger partial charge on any atom is -0.316 e. The zero-order valence-corrected chi connectivity index (χ0v) is 13.0. The summed E-state index contributed by atoms with van der Waals surface area (Å²) in [5.74, 6) is 1.08. The average Bonchev–Trinajstić information content (AvgIpc) is 3.08. The Kier molecular flexibility index (Phi) is 3.32. The van der Waals surface area contributed by atoms with Crippen molar-refractivity contribution in [3.63, 3.8) is 0 Å². The second-order valence-corrected chi connectivity index (χ2v) is 7.28. The molecular weight excluding hydrogens is 304 g/mol. The third kappa shape index (κ3) is 2.22. The summed E-state index contributed by atoms with van der Waals surface area (Å²) in [5.41, 5.74) is 3.73. The lowest BCUT2D eigenvalue weighted by molar-refractivity contribution is 0.450. The minimum absolute atomic E-state index is 0.102. The highest BCUT2D eigenvalue weighted by Crippen LogP contribution is 2.37. The van der Waals surface area contributed by atoms with Crippen LogP contribution in [-0.2, 0) is 6.42 Å². The molecule has 0 saturated carbocycles. The third-order valence-corrected chi connectivity index (χ3v) is 5.82. The predicted molar refractivity (Wildman–Crippen MR) is 86.3 cm³/mol. The lowest BCUT2D eigenvalue weighted by atomic mass is 9.78. The average molecular weight is 319 g/mol. The molecule has 3 nitrogen and oxygen atoms in total. The molecule has 5 heteroatoms. The first-order valence-electron chi connectivity index (χ1n) is 7.21. The molecule has 21 heavy (non-hydrogen) atoms. The van der Waals surface area contributed by atoms with Crippen molar-refractivity contribution >= 4 is 22.9 Å². The third-order valence-electron chi connectivity index (χ3n) is 4.65. The fourth-order valence-corrected chi connectivity index (χ4v) is 4.49. The van der Waals surface area contributed by atoms with E-state index in [1.165, 1.54) is 11.3 Å². The molecule has 2 aliphatic rings. The second kappa shape index (κ2) is 5.20. The first-order valence-corrected chi connectivity index (χ1v) is 8.47. The highest BCUT2D eigenvalue weighted by atomic mass is 35.5. The normalized spacial score (nSPS) is 23.7. The molecule has 1 unspecified atom stereocenters. The molecule has 3 heterocycles. The van der Waals surface area contributed by atoms with Crippen molar-refractivity contribution in [1.29, 1.82) is 0 Å². The first-order chi connectivity index (χ1) is 10.2. The van der Waals surface area contributed by atoms with Gasteiger partial charge in [0, 0.05) is 35.9 Å². The highest BCUT2D eigenvalue weighted by molar-refractivity contribution is 7.15. The maximum atomic E-state index is 12.6. The SMILES string of the molecule is O=c1cc(-c2ccsc2Cl)ncc2c1CCC1CNC[C@H]21. The Labute approximate surface area is 132 Å². The fourth-order valence-electron chi connectivity index (χ4n) is 3.55. The van der Waals surface area contributed by atoms with Gasteiger partial charge in [0.1, 0.15) is 4.34 Å². The molecule has 0 amide bonds. The van der Waals surface area contributed by atoms with Crippen molar-refractivity contribution in [3.8, 4) is 11.3 Å². The fraction of sp³-hybridized carbons (Fsp3) is 0.375. The first kappa shape index (κ1) is 13.4. The van der Waals surface area contributed by atoms with Crippen molar-refractivity contribution in [2.75, 3.05) is 13.1 Å². The van der Waals surface area contributed by atoms with Crippen molar-refractivity contribution in [2.45, 2.75) is 18.8 Å². The Morgan fingerprint density at radius 3 is 3.10 bits per heavy atom. The zero-order chi connectivity index (χ0) is 14.4. The van der Waals surface area contributed by atoms with Gasteiger partial charge in [0.25, 0.3) is 0 Å². The standard InChI is InChI=1S/C16H15ClN2OS/c17-16-11(3-4-21-16)14-5-15(20)10-2-1-9-6-18-7-12(9)13(10)8-19-14/h3-5,8-9,12,18H,1-2,6-7H2/t9?,12-/m0/s1. The molecule has 2 aromatic rings. The van der Waals surface area contributed by atoms with Crippen LogP contribution in [0.5, 0.6) is 0 Å². The topological polar surface area (TPSA) is 42.0 Å². The zero-order valence-electron chi connectivity index (χ0n) is 11.4. The van der Waals surface area contributed by atoms with Crippen LogP contribution >= 0.6 is 22.9 Å². The summed E-state index contributed by atoms with van der Waals surface area (Å²) < 4.78 is 0.687. The van der Waals surface area contributed by atoms with E-state index in [1.807, 2.05) is 17.6 Å². The van der Waals surface area contributed by atoms with Gasteiger partial charge in [-0.3, -0.25) is 9.78 Å². The molecular formula is C16H15ClN2OS.